The smallest absolute Gasteiger partial charge is 0.0463 e. The third kappa shape index (κ3) is 3.58. The van der Waals surface area contributed by atoms with Crippen LogP contribution < -0.4 is 5.32 Å². The second-order valence-electron chi connectivity index (χ2n) is 6.60. The van der Waals surface area contributed by atoms with Crippen LogP contribution in [-0.4, -0.2) is 6.54 Å². The SMILES string of the molecule is c1csc(CC(NCC(C2CC2)C2CC2)c2cccs2)c1. The summed E-state index contributed by atoms with van der Waals surface area (Å²) in [6.07, 6.45) is 7.07. The topological polar surface area (TPSA) is 12.0 Å². The van der Waals surface area contributed by atoms with Crippen LogP contribution >= 0.6 is 22.7 Å². The molecule has 0 saturated heterocycles. The van der Waals surface area contributed by atoms with Crippen molar-refractivity contribution in [2.24, 2.45) is 17.8 Å². The minimum absolute atomic E-state index is 0.503. The summed E-state index contributed by atoms with van der Waals surface area (Å²) in [5.74, 6) is 3.03. The Hall–Kier alpha value is -0.640. The highest BCUT2D eigenvalue weighted by Gasteiger charge is 2.41. The van der Waals surface area contributed by atoms with Crippen LogP contribution in [0.4, 0.5) is 0 Å². The Balaban J connectivity index is 1.42. The van der Waals surface area contributed by atoms with E-state index in [0.717, 1.165) is 24.2 Å². The number of hydrogen-bond acceptors (Lipinski definition) is 3. The van der Waals surface area contributed by atoms with Crippen LogP contribution in [0.5, 0.6) is 0 Å². The van der Waals surface area contributed by atoms with Gasteiger partial charge >= 0.3 is 0 Å². The maximum Gasteiger partial charge on any atom is 0.0463 e. The number of nitrogens with one attached hydrogen (secondary N) is 1. The Kier molecular flexibility index (Phi) is 4.15. The molecule has 2 saturated carbocycles. The summed E-state index contributed by atoms with van der Waals surface area (Å²) in [5, 5.41) is 8.32. The normalized spacial score (nSPS) is 20.0. The fourth-order valence-electron chi connectivity index (χ4n) is 3.44. The summed E-state index contributed by atoms with van der Waals surface area (Å²) in [4.78, 5) is 2.99. The molecule has 2 aromatic heterocycles. The molecule has 0 amide bonds. The van der Waals surface area contributed by atoms with Gasteiger partial charge in [0.2, 0.25) is 0 Å². The predicted molar refractivity (Wildman–Crippen MR) is 92.0 cm³/mol. The Morgan fingerprint density at radius 3 is 2.29 bits per heavy atom. The largest absolute Gasteiger partial charge is 0.309 e. The van der Waals surface area contributed by atoms with Gasteiger partial charge in [0.25, 0.3) is 0 Å². The average Bonchev–Trinajstić information content (AvgIpc) is 3.40. The van der Waals surface area contributed by atoms with Gasteiger partial charge in [0.15, 0.2) is 0 Å². The average molecular weight is 318 g/mol. The minimum atomic E-state index is 0.503. The molecule has 0 spiro atoms. The standard InChI is InChI=1S/C18H23NS2/c1-3-15(20-9-1)11-17(18-4-2-10-21-18)19-12-16(13-5-6-13)14-7-8-14/h1-4,9-10,13-14,16-17,19H,5-8,11-12H2. The number of rotatable bonds is 8. The molecule has 2 aromatic rings. The summed E-state index contributed by atoms with van der Waals surface area (Å²) < 4.78 is 0. The molecular weight excluding hydrogens is 294 g/mol. The van der Waals surface area contributed by atoms with Crippen molar-refractivity contribution in [3.05, 3.63) is 44.8 Å². The Bertz CT molecular complexity index is 526. The van der Waals surface area contributed by atoms with Gasteiger partial charge in [-0.1, -0.05) is 12.1 Å². The lowest BCUT2D eigenvalue weighted by atomic mass is 9.97. The molecule has 112 valence electrons. The molecule has 2 fully saturated rings. The number of thiophene rings is 2. The maximum atomic E-state index is 3.92. The van der Waals surface area contributed by atoms with E-state index >= 15 is 0 Å². The monoisotopic (exact) mass is 317 g/mol. The first-order valence-electron chi connectivity index (χ1n) is 8.19. The molecule has 1 unspecified atom stereocenters. The highest BCUT2D eigenvalue weighted by atomic mass is 32.1. The molecule has 2 aliphatic rings. The molecular formula is C18H23NS2. The first kappa shape index (κ1) is 14.0. The predicted octanol–water partition coefficient (Wildman–Crippen LogP) is 5.12. The summed E-state index contributed by atoms with van der Waals surface area (Å²) in [7, 11) is 0. The zero-order valence-corrected chi connectivity index (χ0v) is 14.0. The van der Waals surface area contributed by atoms with Gasteiger partial charge in [0.05, 0.1) is 0 Å². The van der Waals surface area contributed by atoms with E-state index in [-0.39, 0.29) is 0 Å². The fourth-order valence-corrected chi connectivity index (χ4v) is 4.99. The molecule has 0 bridgehead atoms. The first-order valence-corrected chi connectivity index (χ1v) is 9.95. The third-order valence-corrected chi connectivity index (χ3v) is 6.81. The van der Waals surface area contributed by atoms with Crippen molar-refractivity contribution in [2.75, 3.05) is 6.54 Å². The molecule has 2 heterocycles. The van der Waals surface area contributed by atoms with Crippen molar-refractivity contribution in [3.63, 3.8) is 0 Å². The van der Waals surface area contributed by atoms with Crippen molar-refractivity contribution in [1.29, 1.82) is 0 Å². The van der Waals surface area contributed by atoms with Crippen LogP contribution in [0.2, 0.25) is 0 Å². The van der Waals surface area contributed by atoms with Crippen molar-refractivity contribution >= 4 is 22.7 Å². The lowest BCUT2D eigenvalue weighted by Crippen LogP contribution is -2.30. The van der Waals surface area contributed by atoms with Gasteiger partial charge in [-0.15, -0.1) is 22.7 Å². The first-order chi connectivity index (χ1) is 10.4. The van der Waals surface area contributed by atoms with E-state index in [1.165, 1.54) is 42.0 Å². The quantitative estimate of drug-likeness (QED) is 0.712. The van der Waals surface area contributed by atoms with Crippen LogP contribution in [0.25, 0.3) is 0 Å². The van der Waals surface area contributed by atoms with Crippen LogP contribution in [-0.2, 0) is 6.42 Å². The summed E-state index contributed by atoms with van der Waals surface area (Å²) >= 11 is 3.78. The fraction of sp³-hybridized carbons (Fsp3) is 0.556. The van der Waals surface area contributed by atoms with E-state index in [9.17, 15) is 0 Å². The molecule has 1 N–H and O–H groups in total. The zero-order valence-electron chi connectivity index (χ0n) is 12.3. The Morgan fingerprint density at radius 1 is 1.00 bits per heavy atom. The van der Waals surface area contributed by atoms with E-state index in [4.69, 9.17) is 0 Å². The van der Waals surface area contributed by atoms with Crippen LogP contribution in [0.15, 0.2) is 35.0 Å². The summed E-state index contributed by atoms with van der Waals surface area (Å²) in [6, 6.07) is 9.42. The van der Waals surface area contributed by atoms with E-state index in [1.807, 2.05) is 22.7 Å². The van der Waals surface area contributed by atoms with Crippen molar-refractivity contribution in [2.45, 2.75) is 38.1 Å². The molecule has 0 aromatic carbocycles. The van der Waals surface area contributed by atoms with Crippen molar-refractivity contribution < 1.29 is 0 Å². The third-order valence-electron chi connectivity index (χ3n) is 4.93. The molecule has 1 atom stereocenters. The highest BCUT2D eigenvalue weighted by molar-refractivity contribution is 7.10. The van der Waals surface area contributed by atoms with Gasteiger partial charge in [-0.05, 0) is 72.9 Å². The van der Waals surface area contributed by atoms with Crippen LogP contribution in [0.1, 0.15) is 41.5 Å². The van der Waals surface area contributed by atoms with Gasteiger partial charge in [0.1, 0.15) is 0 Å². The van der Waals surface area contributed by atoms with E-state index in [0.29, 0.717) is 6.04 Å². The van der Waals surface area contributed by atoms with Gasteiger partial charge < -0.3 is 5.32 Å². The van der Waals surface area contributed by atoms with E-state index in [1.54, 1.807) is 0 Å². The summed E-state index contributed by atoms with van der Waals surface area (Å²) in [5.41, 5.74) is 0. The number of hydrogen-bond donors (Lipinski definition) is 1. The zero-order chi connectivity index (χ0) is 14.1. The molecule has 0 aliphatic heterocycles. The van der Waals surface area contributed by atoms with Gasteiger partial charge in [-0.2, -0.15) is 0 Å². The molecule has 2 aliphatic carbocycles. The second-order valence-corrected chi connectivity index (χ2v) is 8.61. The van der Waals surface area contributed by atoms with Crippen molar-refractivity contribution in [3.8, 4) is 0 Å². The highest BCUT2D eigenvalue weighted by Crippen LogP contribution is 2.49. The minimum Gasteiger partial charge on any atom is -0.309 e. The van der Waals surface area contributed by atoms with Gasteiger partial charge in [-0.3, -0.25) is 0 Å². The molecule has 3 heteroatoms. The lowest BCUT2D eigenvalue weighted by Gasteiger charge is -2.22. The second kappa shape index (κ2) is 6.23. The van der Waals surface area contributed by atoms with E-state index < -0.39 is 0 Å². The van der Waals surface area contributed by atoms with Crippen LogP contribution in [0.3, 0.4) is 0 Å². The van der Waals surface area contributed by atoms with Crippen LogP contribution in [0, 0.1) is 17.8 Å². The molecule has 4 rings (SSSR count). The molecule has 1 nitrogen and oxygen atoms in total. The van der Waals surface area contributed by atoms with Crippen molar-refractivity contribution in [1.82, 2.24) is 5.32 Å². The van der Waals surface area contributed by atoms with Gasteiger partial charge in [0, 0.05) is 22.2 Å². The van der Waals surface area contributed by atoms with E-state index in [2.05, 4.69) is 40.3 Å². The van der Waals surface area contributed by atoms with Gasteiger partial charge in [-0.25, -0.2) is 0 Å². The maximum absolute atomic E-state index is 3.92. The Morgan fingerprint density at radius 2 is 1.71 bits per heavy atom. The molecule has 21 heavy (non-hydrogen) atoms. The Labute approximate surface area is 135 Å². The summed E-state index contributed by atoms with van der Waals surface area (Å²) in [6.45, 7) is 1.23. The lowest BCUT2D eigenvalue weighted by molar-refractivity contribution is 0.357. The molecule has 0 radical (unpaired) electrons.